The topological polar surface area (TPSA) is 46.3 Å². The monoisotopic (exact) mass is 253 g/mol. The molecule has 4 aliphatic rings. The Kier molecular flexibility index (Phi) is 2.72. The van der Waals surface area contributed by atoms with E-state index in [4.69, 9.17) is 4.74 Å². The average molecular weight is 253 g/mol. The third-order valence-electron chi connectivity index (χ3n) is 6.16. The first-order valence-corrected chi connectivity index (χ1v) is 7.15. The molecule has 3 atom stereocenters. The van der Waals surface area contributed by atoms with Gasteiger partial charge in [-0.15, -0.1) is 0 Å². The number of fused-ring (bicyclic) bond motifs is 2. The van der Waals surface area contributed by atoms with Gasteiger partial charge in [0.15, 0.2) is 0 Å². The molecular formula is C14H25N2O2+. The van der Waals surface area contributed by atoms with Crippen LogP contribution in [-0.2, 0) is 4.74 Å². The molecule has 0 amide bonds. The van der Waals surface area contributed by atoms with Crippen LogP contribution in [0.3, 0.4) is 0 Å². The molecule has 0 radical (unpaired) electrons. The van der Waals surface area contributed by atoms with Crippen LogP contribution < -0.4 is 4.90 Å². The largest absolute Gasteiger partial charge is 0.411 e. The second-order valence-corrected chi connectivity index (χ2v) is 6.98. The third-order valence-corrected chi connectivity index (χ3v) is 6.16. The second-order valence-electron chi connectivity index (χ2n) is 6.98. The van der Waals surface area contributed by atoms with E-state index in [2.05, 4.69) is 25.9 Å². The van der Waals surface area contributed by atoms with Crippen LogP contribution in [0.1, 0.15) is 33.6 Å². The Hall–Kier alpha value is -0.610. The van der Waals surface area contributed by atoms with E-state index in [0.29, 0.717) is 17.3 Å². The van der Waals surface area contributed by atoms with Crippen LogP contribution in [0, 0.1) is 17.3 Å². The van der Waals surface area contributed by atoms with E-state index in [1.807, 2.05) is 0 Å². The van der Waals surface area contributed by atoms with Gasteiger partial charge in [0, 0.05) is 5.92 Å². The average Bonchev–Trinajstić information content (AvgIpc) is 2.39. The summed E-state index contributed by atoms with van der Waals surface area (Å²) < 4.78 is 5.48. The second kappa shape index (κ2) is 3.94. The minimum absolute atomic E-state index is 0.0107. The molecular weight excluding hydrogens is 228 g/mol. The van der Waals surface area contributed by atoms with Crippen molar-refractivity contribution >= 4 is 5.71 Å². The molecule has 18 heavy (non-hydrogen) atoms. The maximum Gasteiger partial charge on any atom is 0.140 e. The molecule has 0 unspecified atom stereocenters. The first-order valence-electron chi connectivity index (χ1n) is 7.15. The molecule has 3 aliphatic carbocycles. The highest BCUT2D eigenvalue weighted by Gasteiger charge is 2.66. The maximum absolute atomic E-state index is 9.41. The molecule has 2 bridgehead atoms. The number of rotatable bonds is 1. The number of quaternary nitrogens is 1. The number of ether oxygens (including phenoxy) is 1. The van der Waals surface area contributed by atoms with Gasteiger partial charge in [-0.2, -0.15) is 0 Å². The molecule has 1 heterocycles. The fourth-order valence-electron chi connectivity index (χ4n) is 4.72. The Morgan fingerprint density at radius 1 is 1.28 bits per heavy atom. The van der Waals surface area contributed by atoms with E-state index in [1.165, 1.54) is 6.42 Å². The van der Waals surface area contributed by atoms with Crippen molar-refractivity contribution in [3.63, 3.8) is 0 Å². The third kappa shape index (κ3) is 1.42. The smallest absolute Gasteiger partial charge is 0.140 e. The Balaban J connectivity index is 1.94. The Labute approximate surface area is 109 Å². The van der Waals surface area contributed by atoms with Crippen LogP contribution in [-0.4, -0.2) is 42.8 Å². The molecule has 4 nitrogen and oxygen atoms in total. The summed E-state index contributed by atoms with van der Waals surface area (Å²) in [5.41, 5.74) is 1.44. The fourth-order valence-corrected chi connectivity index (χ4v) is 4.72. The normalized spacial score (nSPS) is 45.8. The summed E-state index contributed by atoms with van der Waals surface area (Å²) in [5, 5.41) is 13.1. The molecule has 1 saturated heterocycles. The highest BCUT2D eigenvalue weighted by Crippen LogP contribution is 2.60. The maximum atomic E-state index is 9.41. The van der Waals surface area contributed by atoms with Gasteiger partial charge in [-0.25, -0.2) is 0 Å². The number of oxime groups is 1. The Morgan fingerprint density at radius 3 is 2.50 bits per heavy atom. The summed E-state index contributed by atoms with van der Waals surface area (Å²) in [6, 6.07) is 0. The molecule has 0 spiro atoms. The molecule has 3 saturated carbocycles. The van der Waals surface area contributed by atoms with Gasteiger partial charge in [0.2, 0.25) is 0 Å². The van der Waals surface area contributed by atoms with Crippen molar-refractivity contribution in [2.24, 2.45) is 22.4 Å². The minimum Gasteiger partial charge on any atom is -0.411 e. The summed E-state index contributed by atoms with van der Waals surface area (Å²) in [7, 11) is 0. The lowest BCUT2D eigenvalue weighted by Crippen LogP contribution is -3.24. The first kappa shape index (κ1) is 12.4. The molecule has 4 rings (SSSR count). The first-order chi connectivity index (χ1) is 8.51. The minimum atomic E-state index is 0.0107. The van der Waals surface area contributed by atoms with Crippen LogP contribution in [0.2, 0.25) is 0 Å². The lowest BCUT2D eigenvalue weighted by atomic mass is 9.42. The van der Waals surface area contributed by atoms with E-state index in [9.17, 15) is 5.21 Å². The van der Waals surface area contributed by atoms with Crippen LogP contribution in [0.15, 0.2) is 5.16 Å². The molecule has 0 aromatic heterocycles. The molecule has 0 aromatic rings. The van der Waals surface area contributed by atoms with E-state index in [0.717, 1.165) is 38.4 Å². The number of nitrogens with zero attached hydrogens (tertiary/aromatic N) is 1. The summed E-state index contributed by atoms with van der Waals surface area (Å²) in [6.07, 6.45) is 2.27. The predicted octanol–water partition coefficient (Wildman–Crippen LogP) is 0.556. The molecule has 102 valence electrons. The van der Waals surface area contributed by atoms with E-state index < -0.39 is 0 Å². The zero-order valence-electron chi connectivity index (χ0n) is 11.7. The lowest BCUT2D eigenvalue weighted by Gasteiger charge is -2.64. The van der Waals surface area contributed by atoms with Gasteiger partial charge in [0.1, 0.15) is 24.3 Å². The number of morpholine rings is 1. The van der Waals surface area contributed by atoms with Gasteiger partial charge in [0.25, 0.3) is 0 Å². The van der Waals surface area contributed by atoms with Crippen LogP contribution in [0.4, 0.5) is 0 Å². The van der Waals surface area contributed by atoms with Gasteiger partial charge in [0.05, 0.1) is 13.2 Å². The van der Waals surface area contributed by atoms with Crippen LogP contribution in [0.5, 0.6) is 0 Å². The highest BCUT2D eigenvalue weighted by atomic mass is 16.5. The van der Waals surface area contributed by atoms with Gasteiger partial charge in [-0.05, 0) is 31.1 Å². The van der Waals surface area contributed by atoms with Gasteiger partial charge >= 0.3 is 0 Å². The molecule has 4 heteroatoms. The highest BCUT2D eigenvalue weighted by molar-refractivity contribution is 5.94. The molecule has 0 aromatic carbocycles. The van der Waals surface area contributed by atoms with Crippen molar-refractivity contribution in [1.29, 1.82) is 0 Å². The SMILES string of the molecule is CC1(C)[C@@H]2C/C(=N/O)[C@](C)([NH+]3CCOCC3)[C@H]1C2. The van der Waals surface area contributed by atoms with Crippen molar-refractivity contribution < 1.29 is 14.8 Å². The van der Waals surface area contributed by atoms with E-state index >= 15 is 0 Å². The Bertz CT molecular complexity index is 374. The molecule has 4 fully saturated rings. The zero-order chi connectivity index (χ0) is 13.0. The lowest BCUT2D eigenvalue weighted by molar-refractivity contribution is -0.953. The van der Waals surface area contributed by atoms with Crippen molar-refractivity contribution in [3.05, 3.63) is 0 Å². The standard InChI is InChI=1S/C14H24N2O2/c1-13(2)10-8-11(13)14(3,12(9-10)15-17)16-4-6-18-7-5-16/h10-11,17H,4-9H2,1-3H3/p+1/b15-12-/t10-,11-,14+/m0/s1. The van der Waals surface area contributed by atoms with Crippen molar-refractivity contribution in [1.82, 2.24) is 0 Å². The summed E-state index contributed by atoms with van der Waals surface area (Å²) in [5.74, 6) is 1.35. The van der Waals surface area contributed by atoms with E-state index in [1.54, 1.807) is 4.90 Å². The van der Waals surface area contributed by atoms with Gasteiger partial charge in [-0.1, -0.05) is 19.0 Å². The summed E-state index contributed by atoms with van der Waals surface area (Å²) in [6.45, 7) is 10.8. The van der Waals surface area contributed by atoms with Gasteiger partial charge in [-0.3, -0.25) is 0 Å². The summed E-state index contributed by atoms with van der Waals surface area (Å²) >= 11 is 0. The van der Waals surface area contributed by atoms with Crippen molar-refractivity contribution in [2.45, 2.75) is 39.2 Å². The van der Waals surface area contributed by atoms with Crippen LogP contribution in [0.25, 0.3) is 0 Å². The zero-order valence-corrected chi connectivity index (χ0v) is 11.7. The fraction of sp³-hybridized carbons (Fsp3) is 0.929. The van der Waals surface area contributed by atoms with Crippen LogP contribution >= 0.6 is 0 Å². The van der Waals surface area contributed by atoms with Gasteiger partial charge < -0.3 is 14.8 Å². The number of hydrogen-bond donors (Lipinski definition) is 2. The predicted molar refractivity (Wildman–Crippen MR) is 69.1 cm³/mol. The van der Waals surface area contributed by atoms with E-state index in [-0.39, 0.29) is 5.54 Å². The van der Waals surface area contributed by atoms with Crippen molar-refractivity contribution in [2.75, 3.05) is 26.3 Å². The molecule has 1 aliphatic heterocycles. The number of hydrogen-bond acceptors (Lipinski definition) is 3. The summed E-state index contributed by atoms with van der Waals surface area (Å²) in [4.78, 5) is 1.55. The quantitative estimate of drug-likeness (QED) is 0.530. The van der Waals surface area contributed by atoms with Crippen molar-refractivity contribution in [3.8, 4) is 0 Å². The molecule has 2 N–H and O–H groups in total. The number of nitrogens with one attached hydrogen (secondary N) is 1. The Morgan fingerprint density at radius 2 is 1.94 bits per heavy atom.